The van der Waals surface area contributed by atoms with Crippen molar-refractivity contribution in [2.24, 2.45) is 17.4 Å². The van der Waals surface area contributed by atoms with Crippen LogP contribution in [0.25, 0.3) is 0 Å². The van der Waals surface area contributed by atoms with Gasteiger partial charge in [-0.15, -0.1) is 0 Å². The van der Waals surface area contributed by atoms with Crippen molar-refractivity contribution in [2.45, 2.75) is 18.3 Å². The lowest BCUT2D eigenvalue weighted by Crippen LogP contribution is -2.17. The molecule has 1 fully saturated rings. The first-order chi connectivity index (χ1) is 3.94. The number of hydrogen-bond donors (Lipinski definition) is 2. The van der Waals surface area contributed by atoms with Gasteiger partial charge in [-0.3, -0.25) is 0 Å². The minimum absolute atomic E-state index is 0.870. The Bertz CT molecular complexity index is 113. The molecule has 0 bridgehead atoms. The number of halogens is 3. The SMILES string of the molecule is N[C@@H]1C(C(F)(F)F)[C@H]1N. The second kappa shape index (κ2) is 1.60. The van der Waals surface area contributed by atoms with Crippen molar-refractivity contribution >= 4 is 0 Å². The molecule has 5 heteroatoms. The van der Waals surface area contributed by atoms with E-state index in [0.29, 0.717) is 0 Å². The molecule has 2 atom stereocenters. The molecule has 9 heavy (non-hydrogen) atoms. The molecule has 0 radical (unpaired) electrons. The maximum Gasteiger partial charge on any atom is 0.394 e. The topological polar surface area (TPSA) is 52.0 Å². The van der Waals surface area contributed by atoms with Crippen molar-refractivity contribution in [1.29, 1.82) is 0 Å². The molecule has 2 nitrogen and oxygen atoms in total. The number of nitrogens with two attached hydrogens (primary N) is 2. The Labute approximate surface area is 50.0 Å². The summed E-state index contributed by atoms with van der Waals surface area (Å²) < 4.78 is 34.7. The molecule has 0 aromatic carbocycles. The normalized spacial score (nSPS) is 43.0. The predicted molar refractivity (Wildman–Crippen MR) is 25.5 cm³/mol. The number of rotatable bonds is 0. The molecule has 0 heterocycles. The molecule has 0 aromatic rings. The van der Waals surface area contributed by atoms with Crippen molar-refractivity contribution in [2.75, 3.05) is 0 Å². The molecule has 54 valence electrons. The van der Waals surface area contributed by atoms with Crippen LogP contribution < -0.4 is 11.5 Å². The molecule has 1 rings (SSSR count). The van der Waals surface area contributed by atoms with Gasteiger partial charge in [0.25, 0.3) is 0 Å². The summed E-state index contributed by atoms with van der Waals surface area (Å²) in [5.74, 6) is -1.46. The molecule has 0 amide bonds. The predicted octanol–water partition coefficient (Wildman–Crippen LogP) is -0.167. The Kier molecular flexibility index (Phi) is 1.22. The van der Waals surface area contributed by atoms with E-state index < -0.39 is 24.2 Å². The molecule has 1 aliphatic carbocycles. The molecule has 0 unspecified atom stereocenters. The molecule has 1 saturated carbocycles. The van der Waals surface area contributed by atoms with Gasteiger partial charge < -0.3 is 11.5 Å². The van der Waals surface area contributed by atoms with Gasteiger partial charge in [0, 0.05) is 12.1 Å². The summed E-state index contributed by atoms with van der Waals surface area (Å²) in [6.45, 7) is 0. The van der Waals surface area contributed by atoms with E-state index in [4.69, 9.17) is 11.5 Å². The first kappa shape index (κ1) is 6.82. The summed E-state index contributed by atoms with van der Waals surface area (Å²) >= 11 is 0. The van der Waals surface area contributed by atoms with Crippen LogP contribution in [-0.2, 0) is 0 Å². The fourth-order valence-electron chi connectivity index (χ4n) is 0.796. The summed E-state index contributed by atoms with van der Waals surface area (Å²) in [5.41, 5.74) is 9.90. The fraction of sp³-hybridized carbons (Fsp3) is 1.00. The summed E-state index contributed by atoms with van der Waals surface area (Å²) in [6.07, 6.45) is -4.20. The molecule has 0 aliphatic heterocycles. The van der Waals surface area contributed by atoms with Gasteiger partial charge in [-0.2, -0.15) is 13.2 Å². The highest BCUT2D eigenvalue weighted by Gasteiger charge is 2.61. The maximum atomic E-state index is 11.6. The third kappa shape index (κ3) is 1.02. The third-order valence-corrected chi connectivity index (χ3v) is 1.51. The zero-order chi connectivity index (χ0) is 7.23. The lowest BCUT2D eigenvalue weighted by atomic mass is 10.4. The Morgan fingerprint density at radius 3 is 1.33 bits per heavy atom. The summed E-state index contributed by atoms with van der Waals surface area (Å²) in [4.78, 5) is 0. The highest BCUT2D eigenvalue weighted by atomic mass is 19.4. The fourth-order valence-corrected chi connectivity index (χ4v) is 0.796. The van der Waals surface area contributed by atoms with Crippen LogP contribution in [0.2, 0.25) is 0 Å². The van der Waals surface area contributed by atoms with E-state index in [2.05, 4.69) is 0 Å². The Hall–Kier alpha value is -0.290. The monoisotopic (exact) mass is 140 g/mol. The van der Waals surface area contributed by atoms with Crippen LogP contribution in [0, 0.1) is 5.92 Å². The highest BCUT2D eigenvalue weighted by molar-refractivity contribution is 5.08. The lowest BCUT2D eigenvalue weighted by Gasteiger charge is -2.01. The van der Waals surface area contributed by atoms with E-state index >= 15 is 0 Å². The van der Waals surface area contributed by atoms with Crippen LogP contribution in [0.15, 0.2) is 0 Å². The number of hydrogen-bond acceptors (Lipinski definition) is 2. The van der Waals surface area contributed by atoms with Crippen molar-refractivity contribution in [3.8, 4) is 0 Å². The minimum atomic E-state index is -4.20. The highest BCUT2D eigenvalue weighted by Crippen LogP contribution is 2.42. The van der Waals surface area contributed by atoms with Crippen LogP contribution in [0.5, 0.6) is 0 Å². The molecule has 0 saturated heterocycles. The van der Waals surface area contributed by atoms with Crippen molar-refractivity contribution in [3.05, 3.63) is 0 Å². The van der Waals surface area contributed by atoms with Gasteiger partial charge in [0.1, 0.15) is 0 Å². The summed E-state index contributed by atoms with van der Waals surface area (Å²) in [6, 6.07) is -1.74. The Morgan fingerprint density at radius 1 is 1.00 bits per heavy atom. The second-order valence-electron chi connectivity index (χ2n) is 2.22. The zero-order valence-corrected chi connectivity index (χ0v) is 4.52. The van der Waals surface area contributed by atoms with Crippen LogP contribution in [0.3, 0.4) is 0 Å². The zero-order valence-electron chi connectivity index (χ0n) is 4.52. The van der Waals surface area contributed by atoms with E-state index in [1.54, 1.807) is 0 Å². The average Bonchev–Trinajstić information content (AvgIpc) is 2.11. The first-order valence-electron chi connectivity index (χ1n) is 2.52. The smallest absolute Gasteiger partial charge is 0.326 e. The standard InChI is InChI=1S/C4H7F3N2/c5-4(6,7)1-2(8)3(1)9/h1-3H,8-9H2/t2-,3-/m1/s1. The Morgan fingerprint density at radius 2 is 1.33 bits per heavy atom. The molecular formula is C4H7F3N2. The van der Waals surface area contributed by atoms with Gasteiger partial charge >= 0.3 is 6.18 Å². The van der Waals surface area contributed by atoms with Gasteiger partial charge in [0.05, 0.1) is 5.92 Å². The minimum Gasteiger partial charge on any atom is -0.326 e. The summed E-state index contributed by atoms with van der Waals surface area (Å²) in [5, 5.41) is 0. The van der Waals surface area contributed by atoms with Crippen molar-refractivity contribution < 1.29 is 13.2 Å². The lowest BCUT2D eigenvalue weighted by molar-refractivity contribution is -0.149. The maximum absolute atomic E-state index is 11.6. The quantitative estimate of drug-likeness (QED) is 0.491. The van der Waals surface area contributed by atoms with Gasteiger partial charge in [0.2, 0.25) is 0 Å². The molecule has 0 aromatic heterocycles. The van der Waals surface area contributed by atoms with Crippen molar-refractivity contribution in [1.82, 2.24) is 0 Å². The third-order valence-electron chi connectivity index (χ3n) is 1.51. The van der Waals surface area contributed by atoms with Crippen LogP contribution in [0.4, 0.5) is 13.2 Å². The van der Waals surface area contributed by atoms with Gasteiger partial charge in [-0.1, -0.05) is 0 Å². The second-order valence-corrected chi connectivity index (χ2v) is 2.22. The van der Waals surface area contributed by atoms with Crippen molar-refractivity contribution in [3.63, 3.8) is 0 Å². The van der Waals surface area contributed by atoms with E-state index in [1.807, 2.05) is 0 Å². The average molecular weight is 140 g/mol. The van der Waals surface area contributed by atoms with Crippen LogP contribution in [-0.4, -0.2) is 18.3 Å². The number of alkyl halides is 3. The van der Waals surface area contributed by atoms with Crippen LogP contribution >= 0.6 is 0 Å². The Balaban J connectivity index is 2.50. The van der Waals surface area contributed by atoms with E-state index in [0.717, 1.165) is 0 Å². The molecule has 0 spiro atoms. The van der Waals surface area contributed by atoms with Gasteiger partial charge in [-0.05, 0) is 0 Å². The molecule has 4 N–H and O–H groups in total. The van der Waals surface area contributed by atoms with Gasteiger partial charge in [0.15, 0.2) is 0 Å². The van der Waals surface area contributed by atoms with Crippen LogP contribution in [0.1, 0.15) is 0 Å². The van der Waals surface area contributed by atoms with E-state index in [9.17, 15) is 13.2 Å². The largest absolute Gasteiger partial charge is 0.394 e. The molecule has 1 aliphatic rings. The summed E-state index contributed by atoms with van der Waals surface area (Å²) in [7, 11) is 0. The van der Waals surface area contributed by atoms with E-state index in [-0.39, 0.29) is 0 Å². The molecular weight excluding hydrogens is 133 g/mol. The van der Waals surface area contributed by atoms with E-state index in [1.165, 1.54) is 0 Å². The first-order valence-corrected chi connectivity index (χ1v) is 2.52. The van der Waals surface area contributed by atoms with Gasteiger partial charge in [-0.25, -0.2) is 0 Å².